The summed E-state index contributed by atoms with van der Waals surface area (Å²) in [5.74, 6) is 0. The molecule has 0 saturated carbocycles. The lowest BCUT2D eigenvalue weighted by molar-refractivity contribution is 0.687. The number of benzene rings is 1. The summed E-state index contributed by atoms with van der Waals surface area (Å²) in [6, 6.07) is 8.47. The van der Waals surface area contributed by atoms with Gasteiger partial charge in [-0.15, -0.1) is 0 Å². The Labute approximate surface area is 155 Å². The van der Waals surface area contributed by atoms with Gasteiger partial charge in [-0.05, 0) is 44.0 Å². The van der Waals surface area contributed by atoms with Crippen LogP contribution in [0, 0.1) is 0 Å². The third-order valence-electron chi connectivity index (χ3n) is 5.35. The molecule has 4 rings (SSSR count). The number of nitrogens with one attached hydrogen (secondary N) is 1. The van der Waals surface area contributed by atoms with E-state index in [1.165, 1.54) is 12.8 Å². The lowest BCUT2D eigenvalue weighted by Gasteiger charge is -2.27. The molecule has 0 amide bonds. The van der Waals surface area contributed by atoms with Gasteiger partial charge in [0.05, 0.1) is 0 Å². The predicted octanol–water partition coefficient (Wildman–Crippen LogP) is 3.26. The van der Waals surface area contributed by atoms with Crippen LogP contribution in [-0.4, -0.2) is 32.6 Å². The van der Waals surface area contributed by atoms with Crippen molar-refractivity contribution in [1.82, 2.24) is 9.55 Å². The summed E-state index contributed by atoms with van der Waals surface area (Å²) in [7, 11) is 0.710. The molecule has 1 N–H and O–H groups in total. The number of aryl methyl sites for hydroxylation is 1. The minimum Gasteiger partial charge on any atom is -0.368 e. The monoisotopic (exact) mass is 369 g/mol. The number of pyridine rings is 1. The Morgan fingerprint density at radius 3 is 2.73 bits per heavy atom. The van der Waals surface area contributed by atoms with Gasteiger partial charge in [-0.25, -0.2) is 0 Å². The van der Waals surface area contributed by atoms with Crippen LogP contribution in [0.25, 0.3) is 22.0 Å². The van der Waals surface area contributed by atoms with E-state index in [1.807, 2.05) is 24.4 Å². The maximum Gasteiger partial charge on any atom is 0.274 e. The number of aromatic amines is 1. The van der Waals surface area contributed by atoms with E-state index in [1.54, 1.807) is 24.1 Å². The molecule has 0 spiro atoms. The smallest absolute Gasteiger partial charge is 0.274 e. The number of fused-ring (bicyclic) bond motifs is 1. The molecule has 1 aromatic carbocycles. The highest BCUT2D eigenvalue weighted by molar-refractivity contribution is 7.84. The molecule has 2 unspecified atom stereocenters. The fourth-order valence-corrected chi connectivity index (χ4v) is 4.48. The van der Waals surface area contributed by atoms with Crippen molar-refractivity contribution in [3.05, 3.63) is 47.0 Å². The van der Waals surface area contributed by atoms with Crippen LogP contribution in [0.1, 0.15) is 19.8 Å². The number of aromatic nitrogens is 2. The normalized spacial score (nSPS) is 18.6. The van der Waals surface area contributed by atoms with Gasteiger partial charge in [0.15, 0.2) is 0 Å². The number of anilines is 1. The van der Waals surface area contributed by atoms with Gasteiger partial charge in [0.2, 0.25) is 0 Å². The SMILES string of the molecule is CC1CCCN1c1ccc(S(C)=O)cc1-c1cn(C)c(=O)c2[nH]ccc12. The molecule has 2 aromatic heterocycles. The van der Waals surface area contributed by atoms with E-state index < -0.39 is 10.8 Å². The molecule has 1 saturated heterocycles. The maximum absolute atomic E-state index is 12.4. The van der Waals surface area contributed by atoms with Crippen molar-refractivity contribution in [3.63, 3.8) is 0 Å². The molecule has 1 aliphatic rings. The van der Waals surface area contributed by atoms with Crippen LogP contribution in [0.3, 0.4) is 0 Å². The van der Waals surface area contributed by atoms with Gasteiger partial charge in [-0.3, -0.25) is 9.00 Å². The van der Waals surface area contributed by atoms with Gasteiger partial charge < -0.3 is 14.5 Å². The minimum atomic E-state index is -1.06. The van der Waals surface area contributed by atoms with Crippen LogP contribution in [-0.2, 0) is 17.8 Å². The van der Waals surface area contributed by atoms with Crippen LogP contribution in [0.2, 0.25) is 0 Å². The lowest BCUT2D eigenvalue weighted by Crippen LogP contribution is -2.27. The van der Waals surface area contributed by atoms with E-state index in [0.717, 1.165) is 33.6 Å². The highest BCUT2D eigenvalue weighted by Gasteiger charge is 2.24. The quantitative estimate of drug-likeness (QED) is 0.771. The van der Waals surface area contributed by atoms with E-state index >= 15 is 0 Å². The lowest BCUT2D eigenvalue weighted by atomic mass is 10.0. The van der Waals surface area contributed by atoms with Gasteiger partial charge in [-0.1, -0.05) is 0 Å². The first-order chi connectivity index (χ1) is 12.5. The molecule has 3 heterocycles. The molecule has 3 aromatic rings. The minimum absolute atomic E-state index is 0.0416. The number of hydrogen-bond donors (Lipinski definition) is 1. The number of nitrogens with zero attached hydrogens (tertiary/aromatic N) is 2. The fourth-order valence-electron chi connectivity index (χ4n) is 3.93. The zero-order chi connectivity index (χ0) is 18.4. The summed E-state index contributed by atoms with van der Waals surface area (Å²) >= 11 is 0. The maximum atomic E-state index is 12.4. The molecular weight excluding hydrogens is 346 g/mol. The van der Waals surface area contributed by atoms with E-state index in [4.69, 9.17) is 0 Å². The van der Waals surface area contributed by atoms with E-state index in [9.17, 15) is 9.00 Å². The predicted molar refractivity (Wildman–Crippen MR) is 107 cm³/mol. The molecular formula is C20H23N3O2S. The van der Waals surface area contributed by atoms with E-state index in [-0.39, 0.29) is 5.56 Å². The van der Waals surface area contributed by atoms with Gasteiger partial charge in [0.25, 0.3) is 5.56 Å². The molecule has 136 valence electrons. The zero-order valence-corrected chi connectivity index (χ0v) is 16.1. The van der Waals surface area contributed by atoms with Crippen molar-refractivity contribution in [1.29, 1.82) is 0 Å². The molecule has 0 bridgehead atoms. The average Bonchev–Trinajstić information content (AvgIpc) is 3.27. The van der Waals surface area contributed by atoms with Crippen molar-refractivity contribution in [2.75, 3.05) is 17.7 Å². The Morgan fingerprint density at radius 2 is 2.04 bits per heavy atom. The van der Waals surface area contributed by atoms with Crippen molar-refractivity contribution < 1.29 is 4.21 Å². The first kappa shape index (κ1) is 17.1. The Balaban J connectivity index is 2.02. The molecule has 0 radical (unpaired) electrons. The van der Waals surface area contributed by atoms with E-state index in [2.05, 4.69) is 22.9 Å². The van der Waals surface area contributed by atoms with Crippen LogP contribution in [0.15, 0.2) is 46.3 Å². The summed E-state index contributed by atoms with van der Waals surface area (Å²) in [4.78, 5) is 18.7. The van der Waals surface area contributed by atoms with Gasteiger partial charge >= 0.3 is 0 Å². The van der Waals surface area contributed by atoms with Crippen molar-refractivity contribution in [2.24, 2.45) is 7.05 Å². The Bertz CT molecular complexity index is 1070. The Kier molecular flexibility index (Phi) is 4.23. The molecule has 6 heteroatoms. The highest BCUT2D eigenvalue weighted by atomic mass is 32.2. The molecule has 1 aliphatic heterocycles. The van der Waals surface area contributed by atoms with Crippen LogP contribution < -0.4 is 10.5 Å². The first-order valence-corrected chi connectivity index (χ1v) is 10.4. The van der Waals surface area contributed by atoms with Crippen molar-refractivity contribution in [2.45, 2.75) is 30.7 Å². The van der Waals surface area contributed by atoms with Gasteiger partial charge in [0.1, 0.15) is 5.52 Å². The molecule has 2 atom stereocenters. The summed E-state index contributed by atoms with van der Waals surface area (Å²) in [5.41, 5.74) is 3.73. The van der Waals surface area contributed by atoms with E-state index in [0.29, 0.717) is 11.6 Å². The third kappa shape index (κ3) is 2.69. The molecule has 0 aliphatic carbocycles. The molecule has 1 fully saturated rings. The number of hydrogen-bond acceptors (Lipinski definition) is 3. The fraction of sp³-hybridized carbons (Fsp3) is 0.350. The number of H-pyrrole nitrogens is 1. The largest absolute Gasteiger partial charge is 0.368 e. The van der Waals surface area contributed by atoms with Crippen LogP contribution >= 0.6 is 0 Å². The topological polar surface area (TPSA) is 58.1 Å². The van der Waals surface area contributed by atoms with Gasteiger partial charge in [0, 0.05) is 76.2 Å². The van der Waals surface area contributed by atoms with Crippen molar-refractivity contribution >= 4 is 27.4 Å². The van der Waals surface area contributed by atoms with Crippen LogP contribution in [0.5, 0.6) is 0 Å². The summed E-state index contributed by atoms with van der Waals surface area (Å²) in [5, 5.41) is 0.903. The average molecular weight is 369 g/mol. The second-order valence-electron chi connectivity index (χ2n) is 7.04. The van der Waals surface area contributed by atoms with Crippen LogP contribution in [0.4, 0.5) is 5.69 Å². The standard InChI is InChI=1S/C20H23N3O2S/c1-13-5-4-10-23(13)18-7-6-14(26(3)25)11-16(18)17-12-22(2)20(24)19-15(17)8-9-21-19/h6-9,11-13,21H,4-5,10H2,1-3H3. The molecule has 26 heavy (non-hydrogen) atoms. The zero-order valence-electron chi connectivity index (χ0n) is 15.3. The second-order valence-corrected chi connectivity index (χ2v) is 8.42. The highest BCUT2D eigenvalue weighted by Crippen LogP contribution is 2.38. The summed E-state index contributed by atoms with van der Waals surface area (Å²) in [6.45, 7) is 3.26. The first-order valence-electron chi connectivity index (χ1n) is 8.88. The Hall–Kier alpha value is -2.34. The Morgan fingerprint density at radius 1 is 1.23 bits per heavy atom. The third-order valence-corrected chi connectivity index (χ3v) is 6.26. The second kappa shape index (κ2) is 6.43. The van der Waals surface area contributed by atoms with Crippen molar-refractivity contribution in [3.8, 4) is 11.1 Å². The molecule has 5 nitrogen and oxygen atoms in total. The van der Waals surface area contributed by atoms with Gasteiger partial charge in [-0.2, -0.15) is 0 Å². The summed E-state index contributed by atoms with van der Waals surface area (Å²) in [6.07, 6.45) is 7.74. The summed E-state index contributed by atoms with van der Waals surface area (Å²) < 4.78 is 13.7. The number of rotatable bonds is 3.